The van der Waals surface area contributed by atoms with Gasteiger partial charge in [0.15, 0.2) is 11.6 Å². The molecule has 9 nitrogen and oxygen atoms in total. The number of rotatable bonds is 4. The Balaban J connectivity index is 1.24. The highest BCUT2D eigenvalue weighted by atomic mass is 19.1. The van der Waals surface area contributed by atoms with Crippen LogP contribution in [0.4, 0.5) is 19.4 Å². The molecule has 1 N–H and O–H groups in total. The first-order valence-electron chi connectivity index (χ1n) is 13.5. The summed E-state index contributed by atoms with van der Waals surface area (Å²) in [6.45, 7) is 6.75. The maximum absolute atomic E-state index is 14.8. The van der Waals surface area contributed by atoms with Gasteiger partial charge in [-0.2, -0.15) is 5.10 Å². The number of phenolic OH excluding ortho intramolecular Hbond substituents is 1. The van der Waals surface area contributed by atoms with Crippen molar-refractivity contribution in [2.45, 2.75) is 63.9 Å². The predicted molar refractivity (Wildman–Crippen MR) is 147 cm³/mol. The van der Waals surface area contributed by atoms with Crippen LogP contribution in [-0.2, 0) is 11.8 Å². The van der Waals surface area contributed by atoms with E-state index in [0.717, 1.165) is 12.2 Å². The SMILES string of the molecule is Cn1cc2cc(-c3ccc4nc(N5CCC(N(C(=O)OC(C)(C)C)C6CC(F)C6)C5)ccc4n3)c(O)c(F)c2n1. The van der Waals surface area contributed by atoms with Crippen molar-refractivity contribution < 1.29 is 23.4 Å². The Kier molecular flexibility index (Phi) is 6.27. The normalized spacial score (nSPS) is 21.1. The van der Waals surface area contributed by atoms with Crippen LogP contribution in [0.5, 0.6) is 5.75 Å². The van der Waals surface area contributed by atoms with Crippen molar-refractivity contribution in [1.82, 2.24) is 24.6 Å². The lowest BCUT2D eigenvalue weighted by Gasteiger charge is -2.43. The van der Waals surface area contributed by atoms with Crippen molar-refractivity contribution in [3.63, 3.8) is 0 Å². The molecule has 0 radical (unpaired) electrons. The van der Waals surface area contributed by atoms with E-state index >= 15 is 0 Å². The van der Waals surface area contributed by atoms with Crippen LogP contribution < -0.4 is 4.90 Å². The molecule has 2 aliphatic rings. The second-order valence-electron chi connectivity index (χ2n) is 11.7. The largest absolute Gasteiger partial charge is 0.504 e. The standard InChI is InChI=1S/C29H32F2N6O3/c1-29(2,3)40-28(39)37(19-12-17(30)13-19)18-9-10-36(15-18)24-8-7-22-23(33-24)6-5-21(32-22)20-11-16-14-35(4)34-26(16)25(31)27(20)38/h5-8,11,14,17-19,38H,9-10,12-13,15H2,1-4H3. The van der Waals surface area contributed by atoms with Crippen molar-refractivity contribution in [2.75, 3.05) is 18.0 Å². The van der Waals surface area contributed by atoms with Crippen molar-refractivity contribution >= 4 is 33.8 Å². The van der Waals surface area contributed by atoms with Crippen LogP contribution in [0.25, 0.3) is 33.2 Å². The number of hydrogen-bond donors (Lipinski definition) is 1. The molecule has 1 saturated carbocycles. The smallest absolute Gasteiger partial charge is 0.410 e. The zero-order valence-corrected chi connectivity index (χ0v) is 22.9. The zero-order valence-electron chi connectivity index (χ0n) is 22.9. The molecule has 3 aromatic heterocycles. The van der Waals surface area contributed by atoms with E-state index in [4.69, 9.17) is 9.72 Å². The number of hydrogen-bond acceptors (Lipinski definition) is 7. The molecule has 210 valence electrons. The number of aromatic hydroxyl groups is 1. The second kappa shape index (κ2) is 9.57. The van der Waals surface area contributed by atoms with Gasteiger partial charge in [0.2, 0.25) is 0 Å². The number of halogens is 2. The van der Waals surface area contributed by atoms with E-state index in [1.54, 1.807) is 36.3 Å². The summed E-state index contributed by atoms with van der Waals surface area (Å²) in [5.74, 6) is -0.529. The maximum Gasteiger partial charge on any atom is 0.410 e. The van der Waals surface area contributed by atoms with Gasteiger partial charge in [0.1, 0.15) is 23.1 Å². The molecule has 6 rings (SSSR count). The van der Waals surface area contributed by atoms with Gasteiger partial charge in [-0.05, 0) is 70.4 Å². The lowest BCUT2D eigenvalue weighted by molar-refractivity contribution is -0.0178. The fraction of sp³-hybridized carbons (Fsp3) is 0.448. The van der Waals surface area contributed by atoms with E-state index < -0.39 is 29.4 Å². The fourth-order valence-electron chi connectivity index (χ4n) is 5.59. The topological polar surface area (TPSA) is 96.6 Å². The molecule has 1 unspecified atom stereocenters. The second-order valence-corrected chi connectivity index (χ2v) is 11.7. The third kappa shape index (κ3) is 4.77. The predicted octanol–water partition coefficient (Wildman–Crippen LogP) is 5.34. The van der Waals surface area contributed by atoms with Crippen molar-refractivity contribution in [3.8, 4) is 17.0 Å². The third-order valence-corrected chi connectivity index (χ3v) is 7.57. The highest BCUT2D eigenvalue weighted by Gasteiger charge is 2.43. The van der Waals surface area contributed by atoms with E-state index in [1.807, 2.05) is 32.9 Å². The fourth-order valence-corrected chi connectivity index (χ4v) is 5.59. The Labute approximate surface area is 230 Å². The number of anilines is 1. The number of ether oxygens (including phenoxy) is 1. The number of amides is 1. The van der Waals surface area contributed by atoms with E-state index in [-0.39, 0.29) is 23.2 Å². The molecule has 11 heteroatoms. The summed E-state index contributed by atoms with van der Waals surface area (Å²) in [7, 11) is 1.69. The minimum Gasteiger partial charge on any atom is -0.504 e. The van der Waals surface area contributed by atoms with Gasteiger partial charge in [0.25, 0.3) is 0 Å². The van der Waals surface area contributed by atoms with Crippen LogP contribution in [0.15, 0.2) is 36.5 Å². The van der Waals surface area contributed by atoms with Crippen molar-refractivity contribution in [1.29, 1.82) is 0 Å². The molecule has 2 fully saturated rings. The number of nitrogens with zero attached hydrogens (tertiary/aromatic N) is 6. The summed E-state index contributed by atoms with van der Waals surface area (Å²) in [6, 6.07) is 8.62. The zero-order chi connectivity index (χ0) is 28.3. The Morgan fingerprint density at radius 1 is 1.12 bits per heavy atom. The summed E-state index contributed by atoms with van der Waals surface area (Å²) >= 11 is 0. The monoisotopic (exact) mass is 550 g/mol. The lowest BCUT2D eigenvalue weighted by atomic mass is 9.88. The van der Waals surface area contributed by atoms with E-state index in [2.05, 4.69) is 15.0 Å². The number of phenols is 1. The minimum absolute atomic E-state index is 0.104. The van der Waals surface area contributed by atoms with Gasteiger partial charge in [0, 0.05) is 43.3 Å². The number of aryl methyl sites for hydroxylation is 1. The van der Waals surface area contributed by atoms with Gasteiger partial charge < -0.3 is 19.6 Å². The van der Waals surface area contributed by atoms with Gasteiger partial charge in [-0.15, -0.1) is 0 Å². The van der Waals surface area contributed by atoms with Crippen molar-refractivity contribution in [3.05, 3.63) is 42.3 Å². The molecule has 1 aromatic carbocycles. The molecular weight excluding hydrogens is 518 g/mol. The number of alkyl halides is 1. The lowest BCUT2D eigenvalue weighted by Crippen LogP contribution is -2.55. The Morgan fingerprint density at radius 2 is 1.85 bits per heavy atom. The number of benzene rings is 1. The van der Waals surface area contributed by atoms with Crippen LogP contribution in [-0.4, -0.2) is 72.8 Å². The van der Waals surface area contributed by atoms with Crippen LogP contribution >= 0.6 is 0 Å². The molecule has 4 heterocycles. The molecule has 1 aliphatic heterocycles. The number of carbonyl (C=O) groups excluding carboxylic acids is 1. The van der Waals surface area contributed by atoms with Crippen molar-refractivity contribution in [2.24, 2.45) is 7.05 Å². The molecule has 1 atom stereocenters. The number of pyridine rings is 2. The average molecular weight is 551 g/mol. The minimum atomic E-state index is -0.878. The molecule has 1 aliphatic carbocycles. The maximum atomic E-state index is 14.8. The number of aromatic nitrogens is 4. The highest BCUT2D eigenvalue weighted by molar-refractivity contribution is 5.89. The number of fused-ring (bicyclic) bond motifs is 2. The van der Waals surface area contributed by atoms with Gasteiger partial charge in [-0.3, -0.25) is 4.68 Å². The first kappa shape index (κ1) is 26.2. The van der Waals surface area contributed by atoms with Crippen LogP contribution in [0.3, 0.4) is 0 Å². The molecule has 4 aromatic rings. The molecule has 1 saturated heterocycles. The summed E-state index contributed by atoms with van der Waals surface area (Å²) in [5, 5.41) is 15.2. The van der Waals surface area contributed by atoms with Gasteiger partial charge in [0.05, 0.1) is 22.8 Å². The van der Waals surface area contributed by atoms with Gasteiger partial charge in [-0.1, -0.05) is 0 Å². The Bertz CT molecular complexity index is 1610. The van der Waals surface area contributed by atoms with E-state index in [9.17, 15) is 18.7 Å². The summed E-state index contributed by atoms with van der Waals surface area (Å²) in [4.78, 5) is 26.3. The number of carbonyl (C=O) groups is 1. The molecular formula is C29H32F2N6O3. The van der Waals surface area contributed by atoms with Gasteiger partial charge >= 0.3 is 6.09 Å². The Hall–Kier alpha value is -4.02. The van der Waals surface area contributed by atoms with Crippen LogP contribution in [0.2, 0.25) is 0 Å². The first-order chi connectivity index (χ1) is 19.0. The summed E-state index contributed by atoms with van der Waals surface area (Å²) in [5.41, 5.74) is 1.42. The van der Waals surface area contributed by atoms with Crippen LogP contribution in [0, 0.1) is 5.82 Å². The molecule has 1 amide bonds. The highest BCUT2D eigenvalue weighted by Crippen LogP contribution is 2.37. The van der Waals surface area contributed by atoms with Crippen LogP contribution in [0.1, 0.15) is 40.0 Å². The first-order valence-corrected chi connectivity index (χ1v) is 13.5. The van der Waals surface area contributed by atoms with E-state index in [1.165, 1.54) is 4.68 Å². The molecule has 0 spiro atoms. The Morgan fingerprint density at radius 3 is 2.58 bits per heavy atom. The molecule has 0 bridgehead atoms. The third-order valence-electron chi connectivity index (χ3n) is 7.57. The molecule has 40 heavy (non-hydrogen) atoms. The van der Waals surface area contributed by atoms with E-state index in [0.29, 0.717) is 48.0 Å². The quantitative estimate of drug-likeness (QED) is 0.366. The van der Waals surface area contributed by atoms with Gasteiger partial charge in [-0.25, -0.2) is 23.5 Å². The summed E-state index contributed by atoms with van der Waals surface area (Å²) < 4.78 is 35.7. The average Bonchev–Trinajstić information content (AvgIpc) is 3.50. The summed E-state index contributed by atoms with van der Waals surface area (Å²) in [6.07, 6.45) is 1.81.